The third-order valence-corrected chi connectivity index (χ3v) is 4.17. The molecule has 0 spiro atoms. The Hall–Kier alpha value is -1.39. The SMILES string of the molecule is CCCCC(/C=C(C)/C=C/C=C/C(=O)N1CCCC1CO)OC. The maximum atomic E-state index is 12.1. The van der Waals surface area contributed by atoms with Gasteiger partial charge in [-0.05, 0) is 26.2 Å². The zero-order valence-electron chi connectivity index (χ0n) is 14.7. The van der Waals surface area contributed by atoms with Crippen molar-refractivity contribution in [3.05, 3.63) is 36.0 Å². The van der Waals surface area contributed by atoms with Crippen LogP contribution in [-0.2, 0) is 9.53 Å². The van der Waals surface area contributed by atoms with Crippen LogP contribution in [0.5, 0.6) is 0 Å². The summed E-state index contributed by atoms with van der Waals surface area (Å²) >= 11 is 0. The lowest BCUT2D eigenvalue weighted by atomic mass is 10.1. The van der Waals surface area contributed by atoms with Crippen molar-refractivity contribution >= 4 is 5.91 Å². The number of nitrogens with zero attached hydrogens (tertiary/aromatic N) is 1. The normalized spacial score (nSPS) is 20.8. The Labute approximate surface area is 140 Å². The molecule has 0 aromatic heterocycles. The first kappa shape index (κ1) is 19.7. The predicted molar refractivity (Wildman–Crippen MR) is 94.2 cm³/mol. The lowest BCUT2D eigenvalue weighted by Crippen LogP contribution is -2.36. The van der Waals surface area contributed by atoms with Crippen LogP contribution in [-0.4, -0.2) is 48.3 Å². The average molecular weight is 321 g/mol. The number of allylic oxidation sites excluding steroid dienone is 4. The molecule has 23 heavy (non-hydrogen) atoms. The van der Waals surface area contributed by atoms with Crippen LogP contribution < -0.4 is 0 Å². The van der Waals surface area contributed by atoms with E-state index in [-0.39, 0.29) is 24.7 Å². The molecule has 0 aliphatic carbocycles. The van der Waals surface area contributed by atoms with Gasteiger partial charge in [-0.2, -0.15) is 0 Å². The number of hydrogen-bond acceptors (Lipinski definition) is 3. The molecule has 0 saturated carbocycles. The highest BCUT2D eigenvalue weighted by Gasteiger charge is 2.26. The van der Waals surface area contributed by atoms with Crippen LogP contribution in [0.25, 0.3) is 0 Å². The van der Waals surface area contributed by atoms with E-state index in [4.69, 9.17) is 4.74 Å². The number of aliphatic hydroxyl groups excluding tert-OH is 1. The van der Waals surface area contributed by atoms with Gasteiger partial charge in [0, 0.05) is 19.7 Å². The molecule has 1 heterocycles. The summed E-state index contributed by atoms with van der Waals surface area (Å²) in [5.41, 5.74) is 1.12. The first-order valence-electron chi connectivity index (χ1n) is 8.59. The molecule has 130 valence electrons. The summed E-state index contributed by atoms with van der Waals surface area (Å²) in [5.74, 6) is -0.0226. The first-order valence-corrected chi connectivity index (χ1v) is 8.59. The molecule has 1 aliphatic heterocycles. The fraction of sp³-hybridized carbons (Fsp3) is 0.632. The largest absolute Gasteiger partial charge is 0.394 e. The minimum atomic E-state index is -0.0226. The number of hydrogen-bond donors (Lipinski definition) is 1. The van der Waals surface area contributed by atoms with Crippen molar-refractivity contribution in [1.29, 1.82) is 0 Å². The molecule has 2 unspecified atom stereocenters. The van der Waals surface area contributed by atoms with Crippen molar-refractivity contribution in [1.82, 2.24) is 4.90 Å². The maximum absolute atomic E-state index is 12.1. The number of amides is 1. The zero-order chi connectivity index (χ0) is 17.1. The van der Waals surface area contributed by atoms with E-state index in [0.717, 1.165) is 37.8 Å². The fourth-order valence-electron chi connectivity index (χ4n) is 2.78. The van der Waals surface area contributed by atoms with Crippen molar-refractivity contribution in [3.63, 3.8) is 0 Å². The van der Waals surface area contributed by atoms with Gasteiger partial charge in [0.2, 0.25) is 5.91 Å². The average Bonchev–Trinajstić information content (AvgIpc) is 3.03. The van der Waals surface area contributed by atoms with E-state index in [0.29, 0.717) is 0 Å². The molecule has 1 fully saturated rings. The second kappa shape index (κ2) is 11.2. The van der Waals surface area contributed by atoms with Gasteiger partial charge in [-0.25, -0.2) is 0 Å². The standard InChI is InChI=1S/C19H31NO3/c1-4-5-11-18(23-3)14-16(2)9-6-7-12-19(22)20-13-8-10-17(20)15-21/h6-7,9,12,14,17-18,21H,4-5,8,10-11,13,15H2,1-3H3/b9-6+,12-7+,16-14+. The molecule has 1 saturated heterocycles. The molecule has 1 amide bonds. The Balaban J connectivity index is 2.48. The highest BCUT2D eigenvalue weighted by molar-refractivity contribution is 5.88. The van der Waals surface area contributed by atoms with Gasteiger partial charge in [0.1, 0.15) is 0 Å². The van der Waals surface area contributed by atoms with E-state index in [2.05, 4.69) is 13.0 Å². The van der Waals surface area contributed by atoms with Gasteiger partial charge in [-0.1, -0.05) is 49.6 Å². The third-order valence-electron chi connectivity index (χ3n) is 4.17. The molecule has 0 aromatic rings. The van der Waals surface area contributed by atoms with Gasteiger partial charge in [0.25, 0.3) is 0 Å². The van der Waals surface area contributed by atoms with Crippen LogP contribution in [0.15, 0.2) is 36.0 Å². The Morgan fingerprint density at radius 1 is 1.39 bits per heavy atom. The summed E-state index contributed by atoms with van der Waals surface area (Å²) in [6.07, 6.45) is 14.7. The molecular weight excluding hydrogens is 290 g/mol. The molecule has 0 bridgehead atoms. The minimum Gasteiger partial charge on any atom is -0.394 e. The first-order chi connectivity index (χ1) is 11.1. The topological polar surface area (TPSA) is 49.8 Å². The Kier molecular flexibility index (Phi) is 9.57. The molecular formula is C19H31NO3. The smallest absolute Gasteiger partial charge is 0.246 e. The lowest BCUT2D eigenvalue weighted by Gasteiger charge is -2.21. The van der Waals surface area contributed by atoms with Crippen molar-refractivity contribution in [2.45, 2.75) is 58.1 Å². The van der Waals surface area contributed by atoms with Crippen LogP contribution in [0.1, 0.15) is 46.0 Å². The summed E-state index contributed by atoms with van der Waals surface area (Å²) < 4.78 is 5.45. The van der Waals surface area contributed by atoms with E-state index in [1.54, 1.807) is 24.2 Å². The van der Waals surface area contributed by atoms with Gasteiger partial charge in [0.15, 0.2) is 0 Å². The van der Waals surface area contributed by atoms with E-state index in [1.807, 2.05) is 19.1 Å². The number of rotatable bonds is 9. The second-order valence-electron chi connectivity index (χ2n) is 6.06. The van der Waals surface area contributed by atoms with Crippen LogP contribution in [0.4, 0.5) is 0 Å². The second-order valence-corrected chi connectivity index (χ2v) is 6.06. The highest BCUT2D eigenvalue weighted by atomic mass is 16.5. The molecule has 0 aromatic carbocycles. The van der Waals surface area contributed by atoms with E-state index in [9.17, 15) is 9.90 Å². The molecule has 4 heteroatoms. The number of carbonyl (C=O) groups is 1. The Morgan fingerprint density at radius 2 is 2.13 bits per heavy atom. The van der Waals surface area contributed by atoms with E-state index >= 15 is 0 Å². The monoisotopic (exact) mass is 321 g/mol. The predicted octanol–water partition coefficient (Wildman–Crippen LogP) is 3.23. The van der Waals surface area contributed by atoms with E-state index in [1.165, 1.54) is 6.42 Å². The number of aliphatic hydroxyl groups is 1. The number of unbranched alkanes of at least 4 members (excludes halogenated alkanes) is 1. The Morgan fingerprint density at radius 3 is 2.78 bits per heavy atom. The van der Waals surface area contributed by atoms with Gasteiger partial charge < -0.3 is 14.7 Å². The van der Waals surface area contributed by atoms with Crippen molar-refractivity contribution in [3.8, 4) is 0 Å². The molecule has 2 atom stereocenters. The maximum Gasteiger partial charge on any atom is 0.246 e. The van der Waals surface area contributed by atoms with Gasteiger partial charge in [-0.3, -0.25) is 4.79 Å². The summed E-state index contributed by atoms with van der Waals surface area (Å²) in [5, 5.41) is 9.25. The molecule has 1 rings (SSSR count). The quantitative estimate of drug-likeness (QED) is 0.524. The van der Waals surface area contributed by atoms with Crippen LogP contribution >= 0.6 is 0 Å². The lowest BCUT2D eigenvalue weighted by molar-refractivity contribution is -0.127. The number of likely N-dealkylation sites (tertiary alicyclic amines) is 1. The molecule has 1 aliphatic rings. The summed E-state index contributed by atoms with van der Waals surface area (Å²) in [7, 11) is 1.74. The Bertz CT molecular complexity index is 440. The van der Waals surface area contributed by atoms with Crippen molar-refractivity contribution in [2.24, 2.45) is 0 Å². The molecule has 4 nitrogen and oxygen atoms in total. The molecule has 0 radical (unpaired) electrons. The van der Waals surface area contributed by atoms with Gasteiger partial charge >= 0.3 is 0 Å². The summed E-state index contributed by atoms with van der Waals surface area (Å²) in [6.45, 7) is 5.00. The summed E-state index contributed by atoms with van der Waals surface area (Å²) in [4.78, 5) is 13.8. The molecule has 1 N–H and O–H groups in total. The van der Waals surface area contributed by atoms with Crippen LogP contribution in [0, 0.1) is 0 Å². The van der Waals surface area contributed by atoms with Crippen LogP contribution in [0.3, 0.4) is 0 Å². The van der Waals surface area contributed by atoms with Crippen molar-refractivity contribution in [2.75, 3.05) is 20.3 Å². The van der Waals surface area contributed by atoms with Crippen LogP contribution in [0.2, 0.25) is 0 Å². The van der Waals surface area contributed by atoms with Gasteiger partial charge in [-0.15, -0.1) is 0 Å². The number of carbonyl (C=O) groups excluding carboxylic acids is 1. The fourth-order valence-corrected chi connectivity index (χ4v) is 2.78. The number of methoxy groups -OCH3 is 1. The van der Waals surface area contributed by atoms with Crippen molar-refractivity contribution < 1.29 is 14.6 Å². The van der Waals surface area contributed by atoms with Gasteiger partial charge in [0.05, 0.1) is 18.8 Å². The highest BCUT2D eigenvalue weighted by Crippen LogP contribution is 2.16. The third kappa shape index (κ3) is 7.14. The van der Waals surface area contributed by atoms with E-state index < -0.39 is 0 Å². The zero-order valence-corrected chi connectivity index (χ0v) is 14.7. The summed E-state index contributed by atoms with van der Waals surface area (Å²) in [6, 6.07) is -0.0150. The minimum absolute atomic E-state index is 0.0150. The number of ether oxygens (including phenoxy) is 1.